The predicted octanol–water partition coefficient (Wildman–Crippen LogP) is 2.96. The molecule has 3 heterocycles. The molecule has 1 N–H and O–H groups in total. The summed E-state index contributed by atoms with van der Waals surface area (Å²) in [4.78, 5) is 31.3. The average molecular weight is 370 g/mol. The van der Waals surface area contributed by atoms with Crippen LogP contribution in [0.2, 0.25) is 0 Å². The number of hydrogen-bond acceptors (Lipinski definition) is 5. The first-order chi connectivity index (χ1) is 12.9. The highest BCUT2D eigenvalue weighted by atomic mass is 16.5. The number of likely N-dealkylation sites (tertiary alicyclic amines) is 1. The molecule has 0 aromatic carbocycles. The number of nitrogens with zero attached hydrogens (tertiary/aromatic N) is 3. The molecule has 0 spiro atoms. The molecule has 2 amide bonds. The van der Waals surface area contributed by atoms with Crippen LogP contribution < -0.4 is 5.32 Å². The van der Waals surface area contributed by atoms with Gasteiger partial charge in [-0.1, -0.05) is 19.0 Å². The number of nitrogens with one attached hydrogen (secondary N) is 1. The van der Waals surface area contributed by atoms with Crippen LogP contribution in [0.1, 0.15) is 80.0 Å². The Labute approximate surface area is 158 Å². The maximum atomic E-state index is 13.1. The molecule has 2 aromatic rings. The van der Waals surface area contributed by atoms with Crippen molar-refractivity contribution >= 4 is 22.9 Å². The molecule has 7 nitrogen and oxygen atoms in total. The molecule has 1 saturated carbocycles. The predicted molar refractivity (Wildman–Crippen MR) is 101 cm³/mol. The van der Waals surface area contributed by atoms with Gasteiger partial charge in [0.1, 0.15) is 0 Å². The molecule has 0 bridgehead atoms. The molecule has 1 atom stereocenters. The minimum atomic E-state index is -0.159. The summed E-state index contributed by atoms with van der Waals surface area (Å²) in [7, 11) is 0. The SMILES string of the molecule is CC(CN1CCCC1=O)NC(=O)c1cc(C2CC2)nc2onc(C(C)C)c12. The monoisotopic (exact) mass is 370 g/mol. The lowest BCUT2D eigenvalue weighted by atomic mass is 10.0. The van der Waals surface area contributed by atoms with Crippen LogP contribution in [-0.2, 0) is 4.79 Å². The van der Waals surface area contributed by atoms with Gasteiger partial charge in [0.25, 0.3) is 11.6 Å². The van der Waals surface area contributed by atoms with Crippen molar-refractivity contribution in [3.8, 4) is 0 Å². The highest BCUT2D eigenvalue weighted by Gasteiger charge is 2.30. The quantitative estimate of drug-likeness (QED) is 0.844. The first-order valence-corrected chi connectivity index (χ1v) is 9.83. The van der Waals surface area contributed by atoms with Crippen LogP contribution in [0.3, 0.4) is 0 Å². The van der Waals surface area contributed by atoms with Crippen LogP contribution in [0.5, 0.6) is 0 Å². The molecule has 1 unspecified atom stereocenters. The summed E-state index contributed by atoms with van der Waals surface area (Å²) in [5, 5.41) is 7.91. The zero-order chi connectivity index (χ0) is 19.1. The second kappa shape index (κ2) is 6.94. The van der Waals surface area contributed by atoms with Gasteiger partial charge in [-0.15, -0.1) is 0 Å². The topological polar surface area (TPSA) is 88.3 Å². The van der Waals surface area contributed by atoms with Crippen molar-refractivity contribution in [3.63, 3.8) is 0 Å². The Balaban J connectivity index is 1.61. The van der Waals surface area contributed by atoms with Crippen molar-refractivity contribution in [2.24, 2.45) is 0 Å². The van der Waals surface area contributed by atoms with Crippen molar-refractivity contribution in [1.29, 1.82) is 0 Å². The van der Waals surface area contributed by atoms with Gasteiger partial charge in [0.2, 0.25) is 5.91 Å². The number of pyridine rings is 1. The van der Waals surface area contributed by atoms with Crippen LogP contribution in [0, 0.1) is 0 Å². The molecule has 144 valence electrons. The van der Waals surface area contributed by atoms with E-state index in [-0.39, 0.29) is 23.8 Å². The van der Waals surface area contributed by atoms with E-state index in [9.17, 15) is 9.59 Å². The molecule has 27 heavy (non-hydrogen) atoms. The van der Waals surface area contributed by atoms with Crippen LogP contribution >= 0.6 is 0 Å². The lowest BCUT2D eigenvalue weighted by molar-refractivity contribution is -0.127. The second-order valence-corrected chi connectivity index (χ2v) is 8.09. The van der Waals surface area contributed by atoms with Crippen molar-refractivity contribution in [3.05, 3.63) is 23.0 Å². The molecule has 1 saturated heterocycles. The molecule has 0 radical (unpaired) electrons. The summed E-state index contributed by atoms with van der Waals surface area (Å²) in [6.45, 7) is 7.29. The van der Waals surface area contributed by atoms with Crippen molar-refractivity contribution in [2.45, 2.75) is 64.3 Å². The first-order valence-electron chi connectivity index (χ1n) is 9.83. The van der Waals surface area contributed by atoms with E-state index < -0.39 is 0 Å². The van der Waals surface area contributed by atoms with E-state index in [4.69, 9.17) is 4.52 Å². The largest absolute Gasteiger partial charge is 0.348 e. The minimum absolute atomic E-state index is 0.130. The maximum Gasteiger partial charge on any atom is 0.259 e. The van der Waals surface area contributed by atoms with Crippen LogP contribution in [0.4, 0.5) is 0 Å². The number of amides is 2. The molecular formula is C20H26N4O3. The molecular weight excluding hydrogens is 344 g/mol. The lowest BCUT2D eigenvalue weighted by Gasteiger charge is -2.22. The van der Waals surface area contributed by atoms with Gasteiger partial charge >= 0.3 is 0 Å². The number of rotatable bonds is 6. The molecule has 1 aliphatic carbocycles. The van der Waals surface area contributed by atoms with Crippen molar-refractivity contribution in [1.82, 2.24) is 20.4 Å². The number of aromatic nitrogens is 2. The fraction of sp³-hybridized carbons (Fsp3) is 0.600. The van der Waals surface area contributed by atoms with Crippen LogP contribution in [0.25, 0.3) is 11.1 Å². The smallest absolute Gasteiger partial charge is 0.259 e. The van der Waals surface area contributed by atoms with E-state index in [0.717, 1.165) is 37.2 Å². The van der Waals surface area contributed by atoms with Gasteiger partial charge in [-0.05, 0) is 38.2 Å². The summed E-state index contributed by atoms with van der Waals surface area (Å²) in [6, 6.07) is 1.76. The summed E-state index contributed by atoms with van der Waals surface area (Å²) in [5.41, 5.74) is 2.68. The third kappa shape index (κ3) is 3.55. The third-order valence-corrected chi connectivity index (χ3v) is 5.32. The van der Waals surface area contributed by atoms with Gasteiger partial charge in [0.15, 0.2) is 0 Å². The maximum absolute atomic E-state index is 13.1. The molecule has 2 aromatic heterocycles. The van der Waals surface area contributed by atoms with Crippen molar-refractivity contribution in [2.75, 3.05) is 13.1 Å². The van der Waals surface area contributed by atoms with Crippen LogP contribution in [0.15, 0.2) is 10.6 Å². The summed E-state index contributed by atoms with van der Waals surface area (Å²) in [5.74, 6) is 0.548. The van der Waals surface area contributed by atoms with Gasteiger partial charge in [0.05, 0.1) is 16.6 Å². The Bertz CT molecular complexity index is 885. The Kier molecular flexibility index (Phi) is 4.61. The van der Waals surface area contributed by atoms with Gasteiger partial charge in [0, 0.05) is 37.2 Å². The average Bonchev–Trinajstić information content (AvgIpc) is 3.26. The second-order valence-electron chi connectivity index (χ2n) is 8.09. The van der Waals surface area contributed by atoms with Crippen molar-refractivity contribution < 1.29 is 14.1 Å². The Morgan fingerprint density at radius 3 is 2.78 bits per heavy atom. The lowest BCUT2D eigenvalue weighted by Crippen LogP contribution is -2.42. The van der Waals surface area contributed by atoms with E-state index in [1.807, 2.05) is 31.7 Å². The zero-order valence-corrected chi connectivity index (χ0v) is 16.1. The normalized spacial score (nSPS) is 18.5. The Hall–Kier alpha value is -2.44. The molecule has 1 aliphatic heterocycles. The summed E-state index contributed by atoms with van der Waals surface area (Å²) in [6.07, 6.45) is 3.69. The molecule has 2 aliphatic rings. The third-order valence-electron chi connectivity index (χ3n) is 5.32. The number of carbonyl (C=O) groups excluding carboxylic acids is 2. The first kappa shape index (κ1) is 17.9. The number of fused-ring (bicyclic) bond motifs is 1. The van der Waals surface area contributed by atoms with E-state index in [0.29, 0.717) is 35.5 Å². The number of carbonyl (C=O) groups is 2. The van der Waals surface area contributed by atoms with Crippen LogP contribution in [-0.4, -0.2) is 46.0 Å². The fourth-order valence-corrected chi connectivity index (χ4v) is 3.73. The summed E-state index contributed by atoms with van der Waals surface area (Å²) >= 11 is 0. The van der Waals surface area contributed by atoms with E-state index in [1.54, 1.807) is 0 Å². The standard InChI is InChI=1S/C20H26N4O3/c1-11(2)18-17-14(9-15(13-6-7-13)22-20(17)27-23-18)19(26)21-12(3)10-24-8-4-5-16(24)25/h9,11-13H,4-8,10H2,1-3H3,(H,21,26). The Morgan fingerprint density at radius 2 is 2.15 bits per heavy atom. The molecule has 7 heteroatoms. The zero-order valence-electron chi connectivity index (χ0n) is 16.1. The highest BCUT2D eigenvalue weighted by molar-refractivity contribution is 6.06. The summed E-state index contributed by atoms with van der Waals surface area (Å²) < 4.78 is 5.45. The van der Waals surface area contributed by atoms with E-state index in [1.165, 1.54) is 0 Å². The Morgan fingerprint density at radius 1 is 1.37 bits per heavy atom. The van der Waals surface area contributed by atoms with E-state index in [2.05, 4.69) is 15.5 Å². The van der Waals surface area contributed by atoms with Gasteiger partial charge in [-0.3, -0.25) is 9.59 Å². The van der Waals surface area contributed by atoms with Gasteiger partial charge in [-0.2, -0.15) is 0 Å². The van der Waals surface area contributed by atoms with E-state index >= 15 is 0 Å². The molecule has 2 fully saturated rings. The fourth-order valence-electron chi connectivity index (χ4n) is 3.73. The number of hydrogen-bond donors (Lipinski definition) is 1. The van der Waals surface area contributed by atoms with Gasteiger partial charge in [-0.25, -0.2) is 4.98 Å². The minimum Gasteiger partial charge on any atom is -0.348 e. The molecule has 4 rings (SSSR count). The highest BCUT2D eigenvalue weighted by Crippen LogP contribution is 2.41. The van der Waals surface area contributed by atoms with Gasteiger partial charge < -0.3 is 14.7 Å².